The molecule has 80 valence electrons. The van der Waals surface area contributed by atoms with E-state index in [4.69, 9.17) is 0 Å². The predicted molar refractivity (Wildman–Crippen MR) is 70.1 cm³/mol. The van der Waals surface area contributed by atoms with E-state index in [0.29, 0.717) is 10.8 Å². The van der Waals surface area contributed by atoms with Gasteiger partial charge in [-0.05, 0) is 29.1 Å². The first-order valence-corrected chi connectivity index (χ1v) is 7.95. The smallest absolute Gasteiger partial charge is 0.0175 e. The molecular weight excluding hydrogens is 194 g/mol. The summed E-state index contributed by atoms with van der Waals surface area (Å²) in [7, 11) is 2.36. The zero-order valence-corrected chi connectivity index (χ0v) is 12.1. The van der Waals surface area contributed by atoms with E-state index in [2.05, 4.69) is 41.5 Å². The molecular formula is C11H26P2. The molecule has 0 saturated carbocycles. The summed E-state index contributed by atoms with van der Waals surface area (Å²) in [6.45, 7) is 14.0. The van der Waals surface area contributed by atoms with Crippen LogP contribution in [0.25, 0.3) is 0 Å². The Labute approximate surface area is 88.2 Å². The highest BCUT2D eigenvalue weighted by Gasteiger charge is 2.11. The summed E-state index contributed by atoms with van der Waals surface area (Å²) in [5.74, 6) is 1.47. The molecule has 0 N–H and O–H groups in total. The van der Waals surface area contributed by atoms with Crippen molar-refractivity contribution in [3.8, 4) is 0 Å². The van der Waals surface area contributed by atoms with E-state index in [1.54, 1.807) is 0 Å². The molecule has 0 nitrogen and oxygen atoms in total. The first kappa shape index (κ1) is 13.9. The highest BCUT2D eigenvalue weighted by Crippen LogP contribution is 2.33. The first-order chi connectivity index (χ1) is 5.71. The minimum absolute atomic E-state index is 0.546. The Morgan fingerprint density at radius 1 is 0.692 bits per heavy atom. The number of rotatable bonds is 4. The number of hydrogen-bond donors (Lipinski definition) is 0. The molecule has 0 aromatic rings. The molecule has 0 amide bonds. The van der Waals surface area contributed by atoms with Crippen molar-refractivity contribution in [1.29, 1.82) is 0 Å². The van der Waals surface area contributed by atoms with Gasteiger partial charge >= 0.3 is 0 Å². The fourth-order valence-corrected chi connectivity index (χ4v) is 4.17. The Kier molecular flexibility index (Phi) is 6.05. The molecule has 0 aromatic carbocycles. The van der Waals surface area contributed by atoms with E-state index in [1.807, 2.05) is 0 Å². The zero-order valence-electron chi connectivity index (χ0n) is 10.1. The van der Waals surface area contributed by atoms with Crippen LogP contribution in [0, 0.1) is 10.8 Å². The maximum atomic E-state index is 2.34. The zero-order chi connectivity index (χ0) is 10.5. The van der Waals surface area contributed by atoms with Crippen molar-refractivity contribution in [3.05, 3.63) is 0 Å². The van der Waals surface area contributed by atoms with E-state index in [0.717, 1.165) is 0 Å². The summed E-state index contributed by atoms with van der Waals surface area (Å²) in [4.78, 5) is 0. The second kappa shape index (κ2) is 5.67. The maximum absolute atomic E-state index is 2.34. The van der Waals surface area contributed by atoms with Gasteiger partial charge in [0.15, 0.2) is 0 Å². The molecule has 0 aromatic heterocycles. The second-order valence-corrected chi connectivity index (χ2v) is 9.27. The Bertz CT molecular complexity index is 112. The Hall–Kier alpha value is 0.860. The monoisotopic (exact) mass is 220 g/mol. The highest BCUT2D eigenvalue weighted by atomic mass is 31.1. The third-order valence-corrected chi connectivity index (χ3v) is 6.18. The van der Waals surface area contributed by atoms with E-state index >= 15 is 0 Å². The lowest BCUT2D eigenvalue weighted by atomic mass is 10.0. The molecule has 0 bridgehead atoms. The van der Waals surface area contributed by atoms with Crippen molar-refractivity contribution in [1.82, 2.24) is 0 Å². The van der Waals surface area contributed by atoms with Crippen LogP contribution in [0.15, 0.2) is 0 Å². The summed E-state index contributed by atoms with van der Waals surface area (Å²) in [6.07, 6.45) is 2.81. The molecule has 0 fully saturated rings. The lowest BCUT2D eigenvalue weighted by Crippen LogP contribution is -2.08. The third-order valence-electron chi connectivity index (χ3n) is 1.56. The van der Waals surface area contributed by atoms with Crippen molar-refractivity contribution in [3.63, 3.8) is 0 Å². The standard InChI is InChI=1S/C11H26P2/c1-10(2,3)7-12-9-13-8-11(4,5)6/h12-13H,7-9H2,1-6H3. The van der Waals surface area contributed by atoms with Crippen LogP contribution < -0.4 is 0 Å². The normalized spacial score (nSPS) is 15.2. The lowest BCUT2D eigenvalue weighted by molar-refractivity contribution is 0.478. The minimum atomic E-state index is 0.546. The largest absolute Gasteiger partial charge is 0.117 e. The van der Waals surface area contributed by atoms with Gasteiger partial charge in [-0.1, -0.05) is 41.5 Å². The van der Waals surface area contributed by atoms with E-state index in [9.17, 15) is 0 Å². The van der Waals surface area contributed by atoms with Gasteiger partial charge in [-0.3, -0.25) is 0 Å². The van der Waals surface area contributed by atoms with E-state index in [1.165, 1.54) is 35.4 Å². The predicted octanol–water partition coefficient (Wildman–Crippen LogP) is 4.39. The minimum Gasteiger partial charge on any atom is -0.117 e. The molecule has 2 unspecified atom stereocenters. The third kappa shape index (κ3) is 12.9. The van der Waals surface area contributed by atoms with Crippen molar-refractivity contribution >= 4 is 17.2 Å². The lowest BCUT2D eigenvalue weighted by Gasteiger charge is -2.20. The van der Waals surface area contributed by atoms with Gasteiger partial charge < -0.3 is 0 Å². The van der Waals surface area contributed by atoms with Crippen molar-refractivity contribution in [2.75, 3.05) is 18.2 Å². The average molecular weight is 220 g/mol. The molecule has 2 atom stereocenters. The molecule has 0 heterocycles. The quantitative estimate of drug-likeness (QED) is 0.487. The molecule has 0 aliphatic rings. The van der Waals surface area contributed by atoms with Gasteiger partial charge in [0.25, 0.3) is 0 Å². The van der Waals surface area contributed by atoms with Gasteiger partial charge in [-0.2, -0.15) is 0 Å². The topological polar surface area (TPSA) is 0 Å². The number of hydrogen-bond acceptors (Lipinski definition) is 0. The summed E-state index contributed by atoms with van der Waals surface area (Å²) in [5.41, 5.74) is 1.09. The van der Waals surface area contributed by atoms with Crippen LogP contribution >= 0.6 is 17.2 Å². The van der Waals surface area contributed by atoms with Crippen molar-refractivity contribution in [2.24, 2.45) is 10.8 Å². The van der Waals surface area contributed by atoms with Gasteiger partial charge in [0.1, 0.15) is 0 Å². The molecule has 2 heteroatoms. The van der Waals surface area contributed by atoms with Gasteiger partial charge in [0.2, 0.25) is 0 Å². The summed E-state index contributed by atoms with van der Waals surface area (Å²) in [6, 6.07) is 0. The molecule has 0 spiro atoms. The SMILES string of the molecule is CC(C)(C)CPCPCC(C)(C)C. The Balaban J connectivity index is 3.28. The van der Waals surface area contributed by atoms with Crippen LogP contribution in [0.1, 0.15) is 41.5 Å². The van der Waals surface area contributed by atoms with Crippen LogP contribution in [0.2, 0.25) is 0 Å². The van der Waals surface area contributed by atoms with E-state index in [-0.39, 0.29) is 0 Å². The highest BCUT2D eigenvalue weighted by molar-refractivity contribution is 7.56. The molecule has 0 rings (SSSR count). The van der Waals surface area contributed by atoms with Crippen LogP contribution in [0.3, 0.4) is 0 Å². The van der Waals surface area contributed by atoms with E-state index < -0.39 is 0 Å². The van der Waals surface area contributed by atoms with Crippen LogP contribution in [0.5, 0.6) is 0 Å². The molecule has 0 aliphatic carbocycles. The van der Waals surface area contributed by atoms with Gasteiger partial charge in [-0.25, -0.2) is 0 Å². The van der Waals surface area contributed by atoms with Crippen molar-refractivity contribution < 1.29 is 0 Å². The molecule has 0 radical (unpaired) electrons. The van der Waals surface area contributed by atoms with Crippen molar-refractivity contribution in [2.45, 2.75) is 41.5 Å². The van der Waals surface area contributed by atoms with Crippen LogP contribution in [-0.4, -0.2) is 18.2 Å². The fraction of sp³-hybridized carbons (Fsp3) is 1.00. The summed E-state index contributed by atoms with van der Waals surface area (Å²) in [5, 5.41) is 0. The van der Waals surface area contributed by atoms with Gasteiger partial charge in [-0.15, -0.1) is 17.2 Å². The first-order valence-electron chi connectivity index (χ1n) is 5.12. The summed E-state index contributed by atoms with van der Waals surface area (Å²) < 4.78 is 0. The van der Waals surface area contributed by atoms with Gasteiger partial charge in [0, 0.05) is 0 Å². The molecule has 0 aliphatic heterocycles. The van der Waals surface area contributed by atoms with Gasteiger partial charge in [0.05, 0.1) is 0 Å². The average Bonchev–Trinajstić information content (AvgIpc) is 1.81. The Morgan fingerprint density at radius 2 is 1.00 bits per heavy atom. The second-order valence-electron chi connectivity index (χ2n) is 6.15. The maximum Gasteiger partial charge on any atom is -0.0175 e. The summed E-state index contributed by atoms with van der Waals surface area (Å²) >= 11 is 0. The van der Waals surface area contributed by atoms with Crippen LogP contribution in [-0.2, 0) is 0 Å². The van der Waals surface area contributed by atoms with Crippen LogP contribution in [0.4, 0.5) is 0 Å². The molecule has 0 saturated heterocycles. The Morgan fingerprint density at radius 3 is 1.23 bits per heavy atom. The fourth-order valence-electron chi connectivity index (χ4n) is 0.963. The molecule has 13 heavy (non-hydrogen) atoms.